The molecule has 0 aliphatic rings. The molecule has 1 amide bonds. The van der Waals surface area contributed by atoms with Gasteiger partial charge in [-0.1, -0.05) is 18.2 Å². The van der Waals surface area contributed by atoms with Gasteiger partial charge in [-0.25, -0.2) is 4.98 Å². The van der Waals surface area contributed by atoms with Crippen molar-refractivity contribution in [1.29, 1.82) is 0 Å². The number of anilines is 1. The summed E-state index contributed by atoms with van der Waals surface area (Å²) in [5, 5.41) is 3.40. The minimum Gasteiger partial charge on any atom is -0.426 e. The topological polar surface area (TPSA) is 90.3 Å². The third-order valence-corrected chi connectivity index (χ3v) is 6.21. The van der Waals surface area contributed by atoms with E-state index in [1.807, 2.05) is 19.9 Å². The molecule has 0 aliphatic carbocycles. The predicted molar refractivity (Wildman–Crippen MR) is 124 cm³/mol. The Morgan fingerprint density at radius 3 is 2.50 bits per heavy atom. The van der Waals surface area contributed by atoms with Crippen LogP contribution >= 0.6 is 11.3 Å². The first-order valence-electron chi connectivity index (χ1n) is 10.0. The fraction of sp³-hybridized carbons (Fsp3) is 0.167. The highest BCUT2D eigenvalue weighted by molar-refractivity contribution is 7.18. The summed E-state index contributed by atoms with van der Waals surface area (Å²) >= 11 is 1.49. The van der Waals surface area contributed by atoms with Gasteiger partial charge in [-0.05, 0) is 55.8 Å². The normalized spacial score (nSPS) is 10.8. The van der Waals surface area contributed by atoms with Crippen LogP contribution in [-0.2, 0) is 11.3 Å². The van der Waals surface area contributed by atoms with E-state index in [1.165, 1.54) is 22.2 Å². The molecule has 162 valence electrons. The minimum atomic E-state index is -0.462. The first kappa shape index (κ1) is 21.5. The van der Waals surface area contributed by atoms with Crippen LogP contribution in [0.15, 0.2) is 65.7 Å². The highest BCUT2D eigenvalue weighted by Gasteiger charge is 2.13. The van der Waals surface area contributed by atoms with E-state index in [-0.39, 0.29) is 24.4 Å². The molecule has 0 saturated carbocycles. The number of nitrogens with zero attached hydrogens (tertiary/aromatic N) is 2. The second-order valence-electron chi connectivity index (χ2n) is 7.28. The molecule has 0 unspecified atom stereocenters. The largest absolute Gasteiger partial charge is 0.426 e. The zero-order valence-electron chi connectivity index (χ0n) is 17.6. The van der Waals surface area contributed by atoms with Crippen molar-refractivity contribution in [3.63, 3.8) is 0 Å². The van der Waals surface area contributed by atoms with Crippen molar-refractivity contribution in [3.8, 4) is 5.75 Å². The van der Waals surface area contributed by atoms with Gasteiger partial charge in [0.25, 0.3) is 11.5 Å². The number of esters is 1. The molecule has 7 nitrogen and oxygen atoms in total. The first-order chi connectivity index (χ1) is 15.4. The molecule has 1 N–H and O–H groups in total. The highest BCUT2D eigenvalue weighted by atomic mass is 32.1. The maximum absolute atomic E-state index is 12.7. The summed E-state index contributed by atoms with van der Waals surface area (Å²) in [7, 11) is 0. The second kappa shape index (κ2) is 9.15. The summed E-state index contributed by atoms with van der Waals surface area (Å²) < 4.78 is 6.79. The van der Waals surface area contributed by atoms with E-state index in [1.54, 1.807) is 48.5 Å². The summed E-state index contributed by atoms with van der Waals surface area (Å²) in [4.78, 5) is 43.3. The van der Waals surface area contributed by atoms with E-state index in [0.29, 0.717) is 27.2 Å². The number of thiophene rings is 1. The van der Waals surface area contributed by atoms with Crippen LogP contribution in [0, 0.1) is 13.8 Å². The lowest BCUT2D eigenvalue weighted by Gasteiger charge is -2.08. The Bertz CT molecular complexity index is 1340. The molecule has 32 heavy (non-hydrogen) atoms. The summed E-state index contributed by atoms with van der Waals surface area (Å²) in [5.74, 6) is -0.323. The number of benzene rings is 2. The Labute approximate surface area is 188 Å². The molecular formula is C24H21N3O4S. The number of aryl methyl sites for hydroxylation is 3. The van der Waals surface area contributed by atoms with Crippen molar-refractivity contribution in [1.82, 2.24) is 9.55 Å². The lowest BCUT2D eigenvalue weighted by atomic mass is 10.2. The fourth-order valence-corrected chi connectivity index (χ4v) is 4.21. The molecule has 4 rings (SSSR count). The van der Waals surface area contributed by atoms with Crippen molar-refractivity contribution in [2.75, 3.05) is 5.32 Å². The van der Waals surface area contributed by atoms with E-state index in [2.05, 4.69) is 10.3 Å². The van der Waals surface area contributed by atoms with Gasteiger partial charge >= 0.3 is 5.97 Å². The van der Waals surface area contributed by atoms with Crippen molar-refractivity contribution in [2.24, 2.45) is 0 Å². The first-order valence-corrected chi connectivity index (χ1v) is 10.9. The van der Waals surface area contributed by atoms with Crippen molar-refractivity contribution < 1.29 is 14.3 Å². The molecule has 2 aromatic heterocycles. The van der Waals surface area contributed by atoms with Gasteiger partial charge in [0.05, 0.1) is 18.1 Å². The smallest absolute Gasteiger partial charge is 0.312 e. The number of rotatable bonds is 6. The predicted octanol–water partition coefficient (Wildman–Crippen LogP) is 4.32. The lowest BCUT2D eigenvalue weighted by molar-refractivity contribution is -0.134. The van der Waals surface area contributed by atoms with Crippen LogP contribution < -0.4 is 15.6 Å². The number of nitrogens with one attached hydrogen (secondary N) is 1. The van der Waals surface area contributed by atoms with Gasteiger partial charge in [0.2, 0.25) is 0 Å². The molecule has 0 bridgehead atoms. The number of carbonyl (C=O) groups is 2. The number of carbonyl (C=O) groups excluding carboxylic acids is 2. The maximum Gasteiger partial charge on any atom is 0.312 e. The van der Waals surface area contributed by atoms with E-state index in [4.69, 9.17) is 4.74 Å². The van der Waals surface area contributed by atoms with Crippen LogP contribution in [0.25, 0.3) is 10.2 Å². The number of fused-ring (bicyclic) bond motifs is 1. The number of hydrogen-bond donors (Lipinski definition) is 1. The van der Waals surface area contributed by atoms with Gasteiger partial charge in [-0.15, -0.1) is 11.3 Å². The summed E-state index contributed by atoms with van der Waals surface area (Å²) in [6, 6.07) is 15.4. The average Bonchev–Trinajstić information content (AvgIpc) is 3.09. The van der Waals surface area contributed by atoms with Crippen LogP contribution in [0.5, 0.6) is 5.75 Å². The molecule has 0 spiro atoms. The van der Waals surface area contributed by atoms with Crippen molar-refractivity contribution in [3.05, 3.63) is 87.3 Å². The SMILES string of the molecule is Cc1sc2ncn(CCC(=O)Oc3ccc(NC(=O)c4ccccc4)cc3)c(=O)c2c1C. The van der Waals surface area contributed by atoms with Gasteiger partial charge in [-0.2, -0.15) is 0 Å². The monoisotopic (exact) mass is 447 g/mol. The Kier molecular flexibility index (Phi) is 6.13. The van der Waals surface area contributed by atoms with Gasteiger partial charge in [0.1, 0.15) is 10.6 Å². The van der Waals surface area contributed by atoms with E-state index >= 15 is 0 Å². The van der Waals surface area contributed by atoms with Crippen LogP contribution in [0.1, 0.15) is 27.2 Å². The third kappa shape index (κ3) is 4.60. The molecule has 4 aromatic rings. The number of aromatic nitrogens is 2. The molecule has 0 fully saturated rings. The van der Waals surface area contributed by atoms with Crippen molar-refractivity contribution >= 4 is 39.1 Å². The van der Waals surface area contributed by atoms with E-state index in [9.17, 15) is 14.4 Å². The maximum atomic E-state index is 12.7. The van der Waals surface area contributed by atoms with Gasteiger partial charge in [-0.3, -0.25) is 19.0 Å². The molecule has 8 heteroatoms. The quantitative estimate of drug-likeness (QED) is 0.351. The Hall–Kier alpha value is -3.78. The zero-order valence-corrected chi connectivity index (χ0v) is 18.4. The molecule has 2 heterocycles. The third-order valence-electron chi connectivity index (χ3n) is 5.09. The molecule has 2 aromatic carbocycles. The van der Waals surface area contributed by atoms with Crippen LogP contribution in [-0.4, -0.2) is 21.4 Å². The van der Waals surface area contributed by atoms with Crippen LogP contribution in [0.3, 0.4) is 0 Å². The average molecular weight is 448 g/mol. The molecule has 0 atom stereocenters. The summed E-state index contributed by atoms with van der Waals surface area (Å²) in [5.41, 5.74) is 1.92. The van der Waals surface area contributed by atoms with Crippen LogP contribution in [0.4, 0.5) is 5.69 Å². The second-order valence-corrected chi connectivity index (χ2v) is 8.48. The summed E-state index contributed by atoms with van der Waals surface area (Å²) in [6.07, 6.45) is 1.50. The van der Waals surface area contributed by atoms with Gasteiger partial charge in [0, 0.05) is 22.7 Å². The zero-order chi connectivity index (χ0) is 22.7. The number of hydrogen-bond acceptors (Lipinski definition) is 6. The fourth-order valence-electron chi connectivity index (χ4n) is 3.22. The van der Waals surface area contributed by atoms with Gasteiger partial charge in [0.15, 0.2) is 0 Å². The standard InChI is InChI=1S/C24H21N3O4S/c1-15-16(2)32-23-21(15)24(30)27(14-25-23)13-12-20(28)31-19-10-8-18(9-11-19)26-22(29)17-6-4-3-5-7-17/h3-11,14H,12-13H2,1-2H3,(H,26,29). The van der Waals surface area contributed by atoms with Crippen LogP contribution in [0.2, 0.25) is 0 Å². The Morgan fingerprint density at radius 2 is 1.78 bits per heavy atom. The molecule has 0 saturated heterocycles. The molecule has 0 radical (unpaired) electrons. The summed E-state index contributed by atoms with van der Waals surface area (Å²) in [6.45, 7) is 4.04. The lowest BCUT2D eigenvalue weighted by Crippen LogP contribution is -2.23. The van der Waals surface area contributed by atoms with Crippen molar-refractivity contribution in [2.45, 2.75) is 26.8 Å². The minimum absolute atomic E-state index is 0.0295. The highest BCUT2D eigenvalue weighted by Crippen LogP contribution is 2.25. The number of ether oxygens (including phenoxy) is 1. The Morgan fingerprint density at radius 1 is 1.06 bits per heavy atom. The molecular weight excluding hydrogens is 426 g/mol. The Balaban J connectivity index is 1.35. The number of amides is 1. The van der Waals surface area contributed by atoms with E-state index < -0.39 is 5.97 Å². The van der Waals surface area contributed by atoms with E-state index in [0.717, 1.165) is 10.4 Å². The molecule has 0 aliphatic heterocycles. The van der Waals surface area contributed by atoms with Gasteiger partial charge < -0.3 is 10.1 Å².